The summed E-state index contributed by atoms with van der Waals surface area (Å²) in [5.41, 5.74) is 6.78. The summed E-state index contributed by atoms with van der Waals surface area (Å²) >= 11 is 5.89. The molecule has 0 radical (unpaired) electrons. The van der Waals surface area contributed by atoms with Crippen LogP contribution in [0.3, 0.4) is 0 Å². The van der Waals surface area contributed by atoms with Crippen molar-refractivity contribution >= 4 is 39.1 Å². The Balaban J connectivity index is 1.54. The highest BCUT2D eigenvalue weighted by atomic mass is 35.5. The second-order valence-corrected chi connectivity index (χ2v) is 8.72. The normalized spacial score (nSPS) is 15.6. The number of nitrogens with one attached hydrogen (secondary N) is 1. The molecular formula is C19H21ClN4O5S. The molecule has 1 aliphatic rings. The third kappa shape index (κ3) is 5.70. The minimum Gasteiger partial charge on any atom is -0.384 e. The zero-order valence-corrected chi connectivity index (χ0v) is 17.5. The fourth-order valence-electron chi connectivity index (χ4n) is 2.70. The Morgan fingerprint density at radius 2 is 1.90 bits per heavy atom. The monoisotopic (exact) mass is 452 g/mol. The van der Waals surface area contributed by atoms with Crippen molar-refractivity contribution in [1.29, 1.82) is 0 Å². The standard InChI is InChI=1S/C19H21ClN4O5S/c20-15-3-1-2-14(12-15)19(21)23-29-13-18(25)22-16-4-6-17(7-5-16)30(26,27)24-8-10-28-11-9-24/h1-7,12H,8-11,13H2,(H2,21,23)(H,22,25). The molecule has 160 valence electrons. The Morgan fingerprint density at radius 1 is 1.20 bits per heavy atom. The van der Waals surface area contributed by atoms with Gasteiger partial charge in [-0.3, -0.25) is 4.79 Å². The van der Waals surface area contributed by atoms with Crippen molar-refractivity contribution in [2.45, 2.75) is 4.90 Å². The van der Waals surface area contributed by atoms with E-state index in [0.29, 0.717) is 42.6 Å². The van der Waals surface area contributed by atoms with Crippen LogP contribution in [0.4, 0.5) is 5.69 Å². The first-order valence-electron chi connectivity index (χ1n) is 9.05. The maximum atomic E-state index is 12.6. The molecule has 2 aromatic rings. The Kier molecular flexibility index (Phi) is 7.27. The van der Waals surface area contributed by atoms with Crippen LogP contribution < -0.4 is 11.1 Å². The van der Waals surface area contributed by atoms with Crippen LogP contribution in [-0.4, -0.2) is 57.4 Å². The van der Waals surface area contributed by atoms with Crippen LogP contribution in [0.5, 0.6) is 0 Å². The molecule has 0 saturated carbocycles. The number of rotatable bonds is 7. The van der Waals surface area contributed by atoms with Crippen molar-refractivity contribution < 1.29 is 22.8 Å². The Bertz CT molecular complexity index is 1020. The van der Waals surface area contributed by atoms with Crippen LogP contribution in [0.2, 0.25) is 5.02 Å². The predicted molar refractivity (Wildman–Crippen MR) is 113 cm³/mol. The van der Waals surface area contributed by atoms with Crippen molar-refractivity contribution in [3.63, 3.8) is 0 Å². The van der Waals surface area contributed by atoms with Gasteiger partial charge in [-0.2, -0.15) is 4.31 Å². The summed E-state index contributed by atoms with van der Waals surface area (Å²) < 4.78 is 31.7. The summed E-state index contributed by atoms with van der Waals surface area (Å²) in [6.45, 7) is 1.01. The van der Waals surface area contributed by atoms with E-state index in [9.17, 15) is 13.2 Å². The first-order chi connectivity index (χ1) is 14.4. The molecule has 1 fully saturated rings. The van der Waals surface area contributed by atoms with Crippen LogP contribution in [0.25, 0.3) is 0 Å². The number of nitrogens with zero attached hydrogens (tertiary/aromatic N) is 2. The molecule has 1 saturated heterocycles. The number of halogens is 1. The lowest BCUT2D eigenvalue weighted by Crippen LogP contribution is -2.40. The minimum absolute atomic E-state index is 0.0861. The summed E-state index contributed by atoms with van der Waals surface area (Å²) in [4.78, 5) is 17.1. The first-order valence-corrected chi connectivity index (χ1v) is 10.9. The molecule has 0 aliphatic carbocycles. The molecule has 1 amide bonds. The number of hydrogen-bond acceptors (Lipinski definition) is 6. The van der Waals surface area contributed by atoms with E-state index in [4.69, 9.17) is 26.9 Å². The molecule has 9 nitrogen and oxygen atoms in total. The number of sulfonamides is 1. The van der Waals surface area contributed by atoms with Gasteiger partial charge in [0.25, 0.3) is 5.91 Å². The molecule has 0 bridgehead atoms. The van der Waals surface area contributed by atoms with Crippen LogP contribution in [0.15, 0.2) is 58.6 Å². The number of morpholine rings is 1. The molecule has 30 heavy (non-hydrogen) atoms. The van der Waals surface area contributed by atoms with E-state index in [1.54, 1.807) is 24.3 Å². The number of hydrogen-bond donors (Lipinski definition) is 2. The van der Waals surface area contributed by atoms with Gasteiger partial charge in [-0.15, -0.1) is 0 Å². The average molecular weight is 453 g/mol. The van der Waals surface area contributed by atoms with Gasteiger partial charge in [-0.1, -0.05) is 28.9 Å². The lowest BCUT2D eigenvalue weighted by Gasteiger charge is -2.26. The fraction of sp³-hybridized carbons (Fsp3) is 0.263. The number of carbonyl (C=O) groups is 1. The highest BCUT2D eigenvalue weighted by Gasteiger charge is 2.26. The minimum atomic E-state index is -3.59. The van der Waals surface area contributed by atoms with Crippen molar-refractivity contribution in [2.75, 3.05) is 38.2 Å². The van der Waals surface area contributed by atoms with E-state index in [1.807, 2.05) is 0 Å². The lowest BCUT2D eigenvalue weighted by molar-refractivity contribution is -0.120. The van der Waals surface area contributed by atoms with Crippen molar-refractivity contribution in [1.82, 2.24) is 4.31 Å². The van der Waals surface area contributed by atoms with Crippen LogP contribution in [0, 0.1) is 0 Å². The molecule has 2 aromatic carbocycles. The van der Waals surface area contributed by atoms with E-state index in [1.165, 1.54) is 28.6 Å². The van der Waals surface area contributed by atoms with Crippen LogP contribution in [0.1, 0.15) is 5.56 Å². The molecule has 0 unspecified atom stereocenters. The van der Waals surface area contributed by atoms with E-state index in [0.717, 1.165) is 0 Å². The zero-order valence-electron chi connectivity index (χ0n) is 16.0. The molecule has 0 spiro atoms. The molecule has 3 rings (SSSR count). The average Bonchev–Trinajstić information content (AvgIpc) is 2.74. The number of amides is 1. The largest absolute Gasteiger partial charge is 0.384 e. The zero-order chi connectivity index (χ0) is 21.6. The molecular weight excluding hydrogens is 432 g/mol. The van der Waals surface area contributed by atoms with E-state index >= 15 is 0 Å². The number of carbonyl (C=O) groups excluding carboxylic acids is 1. The molecule has 11 heteroatoms. The van der Waals surface area contributed by atoms with Gasteiger partial charge in [0.1, 0.15) is 0 Å². The van der Waals surface area contributed by atoms with Crippen molar-refractivity contribution in [3.05, 3.63) is 59.1 Å². The third-order valence-corrected chi connectivity index (χ3v) is 6.37. The number of nitrogens with two attached hydrogens (primary N) is 1. The Morgan fingerprint density at radius 3 is 2.57 bits per heavy atom. The number of oxime groups is 1. The Labute approximate surface area is 179 Å². The van der Waals surface area contributed by atoms with Crippen LogP contribution >= 0.6 is 11.6 Å². The van der Waals surface area contributed by atoms with Gasteiger partial charge in [0.15, 0.2) is 12.4 Å². The number of benzene rings is 2. The second-order valence-electron chi connectivity index (χ2n) is 6.35. The summed E-state index contributed by atoms with van der Waals surface area (Å²) in [5.74, 6) is -0.385. The van der Waals surface area contributed by atoms with Gasteiger partial charge < -0.3 is 20.6 Å². The maximum Gasteiger partial charge on any atom is 0.265 e. The van der Waals surface area contributed by atoms with Gasteiger partial charge >= 0.3 is 0 Å². The third-order valence-electron chi connectivity index (χ3n) is 4.22. The lowest BCUT2D eigenvalue weighted by atomic mass is 10.2. The quantitative estimate of drug-likeness (QED) is 0.374. The van der Waals surface area contributed by atoms with Crippen molar-refractivity contribution in [2.24, 2.45) is 10.9 Å². The Hall–Kier alpha value is -2.66. The van der Waals surface area contributed by atoms with E-state index in [2.05, 4.69) is 10.5 Å². The predicted octanol–water partition coefficient (Wildman–Crippen LogP) is 1.64. The molecule has 0 aromatic heterocycles. The van der Waals surface area contributed by atoms with E-state index < -0.39 is 15.9 Å². The SMILES string of the molecule is N/C(=N/OCC(=O)Nc1ccc(S(=O)(=O)N2CCOCC2)cc1)c1cccc(Cl)c1. The first kappa shape index (κ1) is 22.0. The van der Waals surface area contributed by atoms with E-state index in [-0.39, 0.29) is 17.3 Å². The molecule has 0 atom stereocenters. The number of amidine groups is 1. The number of ether oxygens (including phenoxy) is 1. The summed E-state index contributed by atoms with van der Waals surface area (Å²) in [6, 6.07) is 12.6. The second kappa shape index (κ2) is 9.90. The van der Waals surface area contributed by atoms with Gasteiger partial charge in [0.05, 0.1) is 18.1 Å². The highest BCUT2D eigenvalue weighted by Crippen LogP contribution is 2.19. The van der Waals surface area contributed by atoms with Crippen molar-refractivity contribution in [3.8, 4) is 0 Å². The van der Waals surface area contributed by atoms with Gasteiger partial charge in [0, 0.05) is 29.4 Å². The highest BCUT2D eigenvalue weighted by molar-refractivity contribution is 7.89. The van der Waals surface area contributed by atoms with Gasteiger partial charge in [0.2, 0.25) is 10.0 Å². The molecule has 3 N–H and O–H groups in total. The number of anilines is 1. The smallest absolute Gasteiger partial charge is 0.265 e. The maximum absolute atomic E-state index is 12.6. The summed E-state index contributed by atoms with van der Waals surface area (Å²) in [6.07, 6.45) is 0. The topological polar surface area (TPSA) is 123 Å². The fourth-order valence-corrected chi connectivity index (χ4v) is 4.30. The molecule has 1 aliphatic heterocycles. The van der Waals surface area contributed by atoms with Gasteiger partial charge in [-0.05, 0) is 36.4 Å². The molecule has 1 heterocycles. The van der Waals surface area contributed by atoms with Crippen LogP contribution in [-0.2, 0) is 24.4 Å². The van der Waals surface area contributed by atoms with Gasteiger partial charge in [-0.25, -0.2) is 8.42 Å². The summed E-state index contributed by atoms with van der Waals surface area (Å²) in [7, 11) is -3.59. The summed E-state index contributed by atoms with van der Waals surface area (Å²) in [5, 5.41) is 6.80.